The highest BCUT2D eigenvalue weighted by Crippen LogP contribution is 2.11. The van der Waals surface area contributed by atoms with Crippen LogP contribution in [0.5, 0.6) is 0 Å². The Bertz CT molecular complexity index is 341. The highest BCUT2D eigenvalue weighted by molar-refractivity contribution is 7.91. The lowest BCUT2D eigenvalue weighted by atomic mass is 10.1. The Morgan fingerprint density at radius 1 is 0.522 bits per heavy atom. The minimum Gasteiger partial charge on any atom is -0.229 e. The van der Waals surface area contributed by atoms with Crippen LogP contribution in [-0.2, 0) is 9.84 Å². The first-order valence-electron chi connectivity index (χ1n) is 9.54. The van der Waals surface area contributed by atoms with Crippen molar-refractivity contribution in [3.8, 4) is 0 Å². The van der Waals surface area contributed by atoms with Gasteiger partial charge in [-0.1, -0.05) is 63.5 Å². The molecule has 0 atom stereocenters. The molecule has 0 radical (unpaired) electrons. The average molecular weight is 343 g/mol. The molecule has 0 aromatic rings. The van der Waals surface area contributed by atoms with E-state index >= 15 is 0 Å². The second-order valence-electron chi connectivity index (χ2n) is 6.55. The molecule has 0 fully saturated rings. The molecule has 0 amide bonds. The van der Waals surface area contributed by atoms with Crippen LogP contribution >= 0.6 is 0 Å². The molecule has 0 aliphatic carbocycles. The van der Waals surface area contributed by atoms with E-state index in [2.05, 4.69) is 13.2 Å². The first-order chi connectivity index (χ1) is 11.1. The molecule has 23 heavy (non-hydrogen) atoms. The van der Waals surface area contributed by atoms with Gasteiger partial charge in [0.05, 0.1) is 11.5 Å². The first-order valence-corrected chi connectivity index (χ1v) is 11.4. The minimum absolute atomic E-state index is 0.388. The smallest absolute Gasteiger partial charge is 0.150 e. The largest absolute Gasteiger partial charge is 0.229 e. The zero-order chi connectivity index (χ0) is 17.2. The van der Waals surface area contributed by atoms with E-state index in [1.807, 2.05) is 12.2 Å². The van der Waals surface area contributed by atoms with Crippen LogP contribution < -0.4 is 0 Å². The third-order valence-electron chi connectivity index (χ3n) is 4.23. The van der Waals surface area contributed by atoms with E-state index in [1.54, 1.807) is 0 Å². The molecule has 0 aromatic heterocycles. The van der Waals surface area contributed by atoms with Gasteiger partial charge < -0.3 is 0 Å². The molecule has 0 spiro atoms. The van der Waals surface area contributed by atoms with Gasteiger partial charge in [-0.3, -0.25) is 0 Å². The normalized spacial score (nSPS) is 11.5. The van der Waals surface area contributed by atoms with Crippen LogP contribution in [0.25, 0.3) is 0 Å². The van der Waals surface area contributed by atoms with Crippen molar-refractivity contribution in [2.75, 3.05) is 11.5 Å². The molecule has 3 heteroatoms. The molecule has 0 rings (SSSR count). The van der Waals surface area contributed by atoms with Gasteiger partial charge in [0.1, 0.15) is 9.84 Å². The predicted molar refractivity (Wildman–Crippen MR) is 104 cm³/mol. The molecule has 0 aliphatic heterocycles. The summed E-state index contributed by atoms with van der Waals surface area (Å²) in [7, 11) is -2.81. The van der Waals surface area contributed by atoms with Crippen LogP contribution in [0.4, 0.5) is 0 Å². The van der Waals surface area contributed by atoms with Crippen LogP contribution in [0.1, 0.15) is 89.9 Å². The van der Waals surface area contributed by atoms with Crippen molar-refractivity contribution in [1.82, 2.24) is 0 Å². The number of hydrogen-bond acceptors (Lipinski definition) is 2. The van der Waals surface area contributed by atoms with Crippen LogP contribution in [0, 0.1) is 0 Å². The molecular formula is C20H38O2S. The molecule has 0 N–H and O–H groups in total. The maximum absolute atomic E-state index is 12.0. The maximum Gasteiger partial charge on any atom is 0.150 e. The number of hydrogen-bond donors (Lipinski definition) is 0. The summed E-state index contributed by atoms with van der Waals surface area (Å²) in [6, 6.07) is 0. The lowest BCUT2D eigenvalue weighted by Gasteiger charge is -2.05. The molecule has 0 aliphatic rings. The number of sulfone groups is 1. The van der Waals surface area contributed by atoms with Gasteiger partial charge in [-0.15, -0.1) is 13.2 Å². The van der Waals surface area contributed by atoms with Crippen LogP contribution in [0.2, 0.25) is 0 Å². The second kappa shape index (κ2) is 16.3. The van der Waals surface area contributed by atoms with Crippen molar-refractivity contribution in [3.63, 3.8) is 0 Å². The third kappa shape index (κ3) is 17.6. The topological polar surface area (TPSA) is 34.1 Å². The predicted octanol–water partition coefficient (Wildman–Crippen LogP) is 6.23. The Labute approximate surface area is 145 Å². The van der Waals surface area contributed by atoms with Gasteiger partial charge >= 0.3 is 0 Å². The van der Waals surface area contributed by atoms with E-state index in [0.29, 0.717) is 11.5 Å². The van der Waals surface area contributed by atoms with E-state index in [1.165, 1.54) is 38.5 Å². The van der Waals surface area contributed by atoms with Gasteiger partial charge in [0.15, 0.2) is 0 Å². The van der Waals surface area contributed by atoms with Gasteiger partial charge in [0.25, 0.3) is 0 Å². The fourth-order valence-electron chi connectivity index (χ4n) is 2.74. The Morgan fingerprint density at radius 2 is 0.826 bits per heavy atom. The Morgan fingerprint density at radius 3 is 1.17 bits per heavy atom. The van der Waals surface area contributed by atoms with Crippen molar-refractivity contribution in [1.29, 1.82) is 0 Å². The molecule has 0 heterocycles. The van der Waals surface area contributed by atoms with Crippen LogP contribution in [0.15, 0.2) is 25.3 Å². The Kier molecular flexibility index (Phi) is 15.9. The van der Waals surface area contributed by atoms with Crippen LogP contribution in [0.3, 0.4) is 0 Å². The average Bonchev–Trinajstić information content (AvgIpc) is 2.52. The minimum atomic E-state index is -2.81. The SMILES string of the molecule is C=CCCCCCCCCS(=O)(=O)CCCCCCCCC=C. The Hall–Kier alpha value is -0.570. The van der Waals surface area contributed by atoms with E-state index in [4.69, 9.17) is 0 Å². The summed E-state index contributed by atoms with van der Waals surface area (Å²) < 4.78 is 23.9. The molecule has 136 valence electrons. The number of allylic oxidation sites excluding steroid dienone is 2. The number of rotatable bonds is 18. The summed E-state index contributed by atoms with van der Waals surface area (Å²) in [5.41, 5.74) is 0. The summed E-state index contributed by atoms with van der Waals surface area (Å²) in [5.74, 6) is 0.776. The van der Waals surface area contributed by atoms with Gasteiger partial charge in [-0.2, -0.15) is 0 Å². The summed E-state index contributed by atoms with van der Waals surface area (Å²) in [6.45, 7) is 7.43. The van der Waals surface area contributed by atoms with Crippen molar-refractivity contribution in [3.05, 3.63) is 25.3 Å². The molecular weight excluding hydrogens is 304 g/mol. The highest BCUT2D eigenvalue weighted by Gasteiger charge is 2.09. The van der Waals surface area contributed by atoms with Gasteiger partial charge in [-0.05, 0) is 38.5 Å². The zero-order valence-corrected chi connectivity index (χ0v) is 15.9. The van der Waals surface area contributed by atoms with Crippen molar-refractivity contribution in [2.45, 2.75) is 89.9 Å². The lowest BCUT2D eigenvalue weighted by molar-refractivity contribution is 0.572. The summed E-state index contributed by atoms with van der Waals surface area (Å²) in [5, 5.41) is 0. The molecule has 0 saturated carbocycles. The summed E-state index contributed by atoms with van der Waals surface area (Å²) in [6.07, 6.45) is 19.6. The van der Waals surface area contributed by atoms with E-state index in [0.717, 1.165) is 51.4 Å². The molecule has 0 aromatic carbocycles. The third-order valence-corrected chi connectivity index (χ3v) is 6.05. The summed E-state index contributed by atoms with van der Waals surface area (Å²) in [4.78, 5) is 0. The Balaban J connectivity index is 3.40. The standard InChI is InChI=1S/C20H38O2S/c1-3-5-7-9-11-13-15-17-19-23(21,22)20-18-16-14-12-10-8-6-4-2/h3-4H,1-2,5-20H2. The van der Waals surface area contributed by atoms with E-state index in [9.17, 15) is 8.42 Å². The van der Waals surface area contributed by atoms with Crippen LogP contribution in [-0.4, -0.2) is 19.9 Å². The van der Waals surface area contributed by atoms with Gasteiger partial charge in [0.2, 0.25) is 0 Å². The number of unbranched alkanes of at least 4 members (excludes halogenated alkanes) is 12. The van der Waals surface area contributed by atoms with Crippen molar-refractivity contribution < 1.29 is 8.42 Å². The van der Waals surface area contributed by atoms with Crippen molar-refractivity contribution >= 4 is 9.84 Å². The highest BCUT2D eigenvalue weighted by atomic mass is 32.2. The molecule has 0 saturated heterocycles. The zero-order valence-electron chi connectivity index (χ0n) is 15.1. The van der Waals surface area contributed by atoms with E-state index < -0.39 is 9.84 Å². The fraction of sp³-hybridized carbons (Fsp3) is 0.800. The van der Waals surface area contributed by atoms with Crippen molar-refractivity contribution in [2.24, 2.45) is 0 Å². The first kappa shape index (κ1) is 22.4. The molecule has 0 unspecified atom stereocenters. The van der Waals surface area contributed by atoms with Gasteiger partial charge in [0, 0.05) is 0 Å². The molecule has 0 bridgehead atoms. The fourth-order valence-corrected chi connectivity index (χ4v) is 4.23. The summed E-state index contributed by atoms with van der Waals surface area (Å²) >= 11 is 0. The monoisotopic (exact) mass is 342 g/mol. The lowest BCUT2D eigenvalue weighted by Crippen LogP contribution is -2.11. The van der Waals surface area contributed by atoms with E-state index in [-0.39, 0.29) is 0 Å². The second-order valence-corrected chi connectivity index (χ2v) is 8.85. The molecule has 2 nitrogen and oxygen atoms in total. The quantitative estimate of drug-likeness (QED) is 0.218. The maximum atomic E-state index is 12.0. The van der Waals surface area contributed by atoms with Gasteiger partial charge in [-0.25, -0.2) is 8.42 Å².